The standard InChI is InChI=1S/C17H18N2O4S/c1-3-12(2)18-16-17(19-15(23-16)14-10-7-11-22-14)24(20,21)13-8-5-4-6-9-13/h4-12,18H,3H2,1-2H3. The van der Waals surface area contributed by atoms with Gasteiger partial charge in [-0.1, -0.05) is 25.1 Å². The molecular weight excluding hydrogens is 328 g/mol. The normalized spacial score (nSPS) is 12.9. The van der Waals surface area contributed by atoms with Crippen molar-refractivity contribution in [3.8, 4) is 11.7 Å². The molecule has 0 amide bonds. The Bertz CT molecular complexity index is 899. The van der Waals surface area contributed by atoms with Crippen molar-refractivity contribution >= 4 is 15.7 Å². The zero-order chi connectivity index (χ0) is 17.2. The van der Waals surface area contributed by atoms with Gasteiger partial charge in [-0.3, -0.25) is 0 Å². The number of rotatable bonds is 6. The third-order valence-corrected chi connectivity index (χ3v) is 5.30. The zero-order valence-electron chi connectivity index (χ0n) is 13.4. The first-order valence-corrected chi connectivity index (χ1v) is 9.12. The maximum absolute atomic E-state index is 12.9. The van der Waals surface area contributed by atoms with E-state index in [0.717, 1.165) is 6.42 Å². The van der Waals surface area contributed by atoms with E-state index in [-0.39, 0.29) is 27.7 Å². The second kappa shape index (κ2) is 6.52. The second-order valence-corrected chi connectivity index (χ2v) is 7.27. The van der Waals surface area contributed by atoms with Gasteiger partial charge in [-0.25, -0.2) is 8.42 Å². The van der Waals surface area contributed by atoms with E-state index >= 15 is 0 Å². The first-order chi connectivity index (χ1) is 11.5. The summed E-state index contributed by atoms with van der Waals surface area (Å²) in [5, 5.41) is 2.93. The van der Waals surface area contributed by atoms with Crippen molar-refractivity contribution in [2.45, 2.75) is 36.2 Å². The minimum Gasteiger partial charge on any atom is -0.459 e. The first kappa shape index (κ1) is 16.3. The molecule has 0 aliphatic heterocycles. The molecule has 0 fully saturated rings. The molecule has 3 aromatic rings. The fourth-order valence-corrected chi connectivity index (χ4v) is 3.41. The molecule has 0 radical (unpaired) electrons. The third kappa shape index (κ3) is 3.07. The van der Waals surface area contributed by atoms with Crippen molar-refractivity contribution in [3.05, 3.63) is 48.7 Å². The lowest BCUT2D eigenvalue weighted by Crippen LogP contribution is -2.15. The van der Waals surface area contributed by atoms with Gasteiger partial charge >= 0.3 is 0 Å². The largest absolute Gasteiger partial charge is 0.459 e. The van der Waals surface area contributed by atoms with Crippen molar-refractivity contribution < 1.29 is 17.3 Å². The Morgan fingerprint density at radius 2 is 1.92 bits per heavy atom. The van der Waals surface area contributed by atoms with Crippen molar-refractivity contribution in [2.75, 3.05) is 5.32 Å². The summed E-state index contributed by atoms with van der Waals surface area (Å²) in [6.07, 6.45) is 2.29. The number of nitrogens with one attached hydrogen (secondary N) is 1. The number of hydrogen-bond donors (Lipinski definition) is 1. The Hall–Kier alpha value is -2.54. The Morgan fingerprint density at radius 3 is 2.54 bits per heavy atom. The fourth-order valence-electron chi connectivity index (χ4n) is 2.12. The molecular formula is C17H18N2O4S. The Kier molecular flexibility index (Phi) is 4.44. The topological polar surface area (TPSA) is 85.3 Å². The molecule has 1 N–H and O–H groups in total. The number of sulfone groups is 1. The van der Waals surface area contributed by atoms with E-state index in [2.05, 4.69) is 10.3 Å². The van der Waals surface area contributed by atoms with Crippen molar-refractivity contribution in [1.82, 2.24) is 4.98 Å². The van der Waals surface area contributed by atoms with Gasteiger partial charge in [0, 0.05) is 6.04 Å². The molecule has 7 heteroatoms. The maximum Gasteiger partial charge on any atom is 0.266 e. The summed E-state index contributed by atoms with van der Waals surface area (Å²) >= 11 is 0. The van der Waals surface area contributed by atoms with Crippen LogP contribution in [0.1, 0.15) is 20.3 Å². The average Bonchev–Trinajstić information content (AvgIpc) is 3.25. The molecule has 2 heterocycles. The Labute approximate surface area is 140 Å². The van der Waals surface area contributed by atoms with Gasteiger partial charge in [0.1, 0.15) is 0 Å². The van der Waals surface area contributed by atoms with Crippen molar-refractivity contribution in [3.63, 3.8) is 0 Å². The van der Waals surface area contributed by atoms with Crippen LogP contribution in [0.4, 0.5) is 5.88 Å². The van der Waals surface area contributed by atoms with Crippen LogP contribution >= 0.6 is 0 Å². The molecule has 0 bridgehead atoms. The molecule has 1 aromatic carbocycles. The fraction of sp³-hybridized carbons (Fsp3) is 0.235. The van der Waals surface area contributed by atoms with Crippen LogP contribution in [0.3, 0.4) is 0 Å². The molecule has 24 heavy (non-hydrogen) atoms. The predicted molar refractivity (Wildman–Crippen MR) is 89.5 cm³/mol. The molecule has 6 nitrogen and oxygen atoms in total. The lowest BCUT2D eigenvalue weighted by Gasteiger charge is -2.11. The highest BCUT2D eigenvalue weighted by Crippen LogP contribution is 2.32. The molecule has 0 aliphatic carbocycles. The molecule has 0 saturated heterocycles. The average molecular weight is 346 g/mol. The highest BCUT2D eigenvalue weighted by Gasteiger charge is 2.29. The number of furan rings is 1. The van der Waals surface area contributed by atoms with E-state index in [4.69, 9.17) is 8.83 Å². The van der Waals surface area contributed by atoms with Crippen molar-refractivity contribution in [2.24, 2.45) is 0 Å². The second-order valence-electron chi connectivity index (χ2n) is 5.40. The van der Waals surface area contributed by atoms with Crippen LogP contribution in [-0.4, -0.2) is 19.4 Å². The monoisotopic (exact) mass is 346 g/mol. The van der Waals surface area contributed by atoms with Crippen LogP contribution in [0, 0.1) is 0 Å². The summed E-state index contributed by atoms with van der Waals surface area (Å²) in [5.41, 5.74) is 0. The van der Waals surface area contributed by atoms with Gasteiger partial charge in [0.2, 0.25) is 20.7 Å². The van der Waals surface area contributed by atoms with Crippen molar-refractivity contribution in [1.29, 1.82) is 0 Å². The molecule has 2 aromatic heterocycles. The lowest BCUT2D eigenvalue weighted by atomic mass is 10.3. The number of oxazole rings is 1. The molecule has 126 valence electrons. The summed E-state index contributed by atoms with van der Waals surface area (Å²) in [6.45, 7) is 3.93. The molecule has 0 aliphatic rings. The molecule has 0 spiro atoms. The first-order valence-electron chi connectivity index (χ1n) is 7.63. The van der Waals surface area contributed by atoms with E-state index in [1.165, 1.54) is 18.4 Å². The highest BCUT2D eigenvalue weighted by atomic mass is 32.2. The summed E-state index contributed by atoms with van der Waals surface area (Å²) in [7, 11) is -3.80. The van der Waals surface area contributed by atoms with E-state index in [9.17, 15) is 8.42 Å². The minimum atomic E-state index is -3.80. The summed E-state index contributed by atoms with van der Waals surface area (Å²) in [6, 6.07) is 11.5. The van der Waals surface area contributed by atoms with Gasteiger partial charge in [0.05, 0.1) is 11.2 Å². The van der Waals surface area contributed by atoms with Gasteiger partial charge in [-0.15, -0.1) is 0 Å². The third-order valence-electron chi connectivity index (χ3n) is 3.63. The molecule has 1 unspecified atom stereocenters. The quantitative estimate of drug-likeness (QED) is 0.727. The summed E-state index contributed by atoms with van der Waals surface area (Å²) in [5.74, 6) is 0.622. The molecule has 0 saturated carbocycles. The Morgan fingerprint density at radius 1 is 1.17 bits per heavy atom. The van der Waals surface area contributed by atoms with E-state index in [1.54, 1.807) is 30.3 Å². The molecule has 1 atom stereocenters. The van der Waals surface area contributed by atoms with Crippen LogP contribution in [0.2, 0.25) is 0 Å². The van der Waals surface area contributed by atoms with Crippen LogP contribution < -0.4 is 5.32 Å². The van der Waals surface area contributed by atoms with Crippen LogP contribution in [0.15, 0.2) is 67.5 Å². The minimum absolute atomic E-state index is 0.0344. The van der Waals surface area contributed by atoms with Gasteiger partial charge in [0.15, 0.2) is 5.76 Å². The number of benzene rings is 1. The lowest BCUT2D eigenvalue weighted by molar-refractivity contribution is 0.518. The Balaban J connectivity index is 2.11. The van der Waals surface area contributed by atoms with E-state index < -0.39 is 9.84 Å². The van der Waals surface area contributed by atoms with Crippen LogP contribution in [0.25, 0.3) is 11.7 Å². The highest BCUT2D eigenvalue weighted by molar-refractivity contribution is 7.91. The summed E-state index contributed by atoms with van der Waals surface area (Å²) < 4.78 is 36.7. The van der Waals surface area contributed by atoms with E-state index in [1.807, 2.05) is 13.8 Å². The van der Waals surface area contributed by atoms with Crippen LogP contribution in [0.5, 0.6) is 0 Å². The maximum atomic E-state index is 12.9. The number of aromatic nitrogens is 1. The molecule has 3 rings (SSSR count). The number of hydrogen-bond acceptors (Lipinski definition) is 6. The smallest absolute Gasteiger partial charge is 0.266 e. The van der Waals surface area contributed by atoms with Gasteiger partial charge in [-0.05, 0) is 37.6 Å². The number of nitrogens with zero attached hydrogens (tertiary/aromatic N) is 1. The number of anilines is 1. The van der Waals surface area contributed by atoms with E-state index in [0.29, 0.717) is 5.76 Å². The predicted octanol–water partition coefficient (Wildman–Crippen LogP) is 3.98. The summed E-state index contributed by atoms with van der Waals surface area (Å²) in [4.78, 5) is 4.34. The SMILES string of the molecule is CCC(C)Nc1oc(-c2ccco2)nc1S(=O)(=O)c1ccccc1. The van der Waals surface area contributed by atoms with Crippen LogP contribution in [-0.2, 0) is 9.84 Å². The van der Waals surface area contributed by atoms with Gasteiger partial charge in [0.25, 0.3) is 5.89 Å². The van der Waals surface area contributed by atoms with Gasteiger partial charge < -0.3 is 14.2 Å². The zero-order valence-corrected chi connectivity index (χ0v) is 14.2. The van der Waals surface area contributed by atoms with Gasteiger partial charge in [-0.2, -0.15) is 4.98 Å².